The molecule has 2 aromatic carbocycles. The summed E-state index contributed by atoms with van der Waals surface area (Å²) in [5.41, 5.74) is 3.48. The second kappa shape index (κ2) is 13.8. The second-order valence-corrected chi connectivity index (χ2v) is 7.83. The van der Waals surface area contributed by atoms with Crippen molar-refractivity contribution in [2.45, 2.75) is 13.2 Å². The zero-order valence-electron chi connectivity index (χ0n) is 18.3. The molecule has 0 radical (unpaired) electrons. The van der Waals surface area contributed by atoms with Gasteiger partial charge in [-0.05, 0) is 24.7 Å². The number of aliphatic imine (C=N–C) groups is 1. The molecule has 0 amide bonds. The molecular formula is C23H33ClIN5O. The number of nitrogens with zero attached hydrogens (tertiary/aromatic N) is 3. The predicted octanol–water partition coefficient (Wildman–Crippen LogP) is 3.59. The highest BCUT2D eigenvalue weighted by molar-refractivity contribution is 14.0. The first kappa shape index (κ1) is 25.7. The topological polar surface area (TPSA) is 52.1 Å². The highest BCUT2D eigenvalue weighted by atomic mass is 127. The van der Waals surface area contributed by atoms with E-state index in [-0.39, 0.29) is 24.0 Å². The standard InChI is InChI=1S/C23H32ClN5O.HI/c1-25-23(26-11-16-30-18-19-7-4-3-5-8-19)27-17-20-21(24)9-6-10-22(20)29-14-12-28(2)13-15-29;/h3-10H,11-18H2,1-2H3,(H2,25,26,27);1H. The third-order valence-electron chi connectivity index (χ3n) is 5.24. The number of piperazine rings is 1. The molecule has 1 saturated heterocycles. The lowest BCUT2D eigenvalue weighted by molar-refractivity contribution is 0.125. The summed E-state index contributed by atoms with van der Waals surface area (Å²) in [5.74, 6) is 0.738. The van der Waals surface area contributed by atoms with Gasteiger partial charge in [0, 0.05) is 62.6 Å². The fourth-order valence-electron chi connectivity index (χ4n) is 3.46. The van der Waals surface area contributed by atoms with Crippen molar-refractivity contribution >= 4 is 47.2 Å². The molecule has 0 bridgehead atoms. The molecule has 0 atom stereocenters. The van der Waals surface area contributed by atoms with Crippen molar-refractivity contribution in [2.75, 3.05) is 58.3 Å². The van der Waals surface area contributed by atoms with Crippen LogP contribution in [-0.2, 0) is 17.9 Å². The lowest BCUT2D eigenvalue weighted by atomic mass is 10.1. The number of ether oxygens (including phenoxy) is 1. The average molecular weight is 558 g/mol. The van der Waals surface area contributed by atoms with E-state index >= 15 is 0 Å². The summed E-state index contributed by atoms with van der Waals surface area (Å²) in [6.07, 6.45) is 0. The molecule has 2 aromatic rings. The minimum atomic E-state index is 0. The van der Waals surface area contributed by atoms with Gasteiger partial charge in [-0.2, -0.15) is 0 Å². The van der Waals surface area contributed by atoms with E-state index in [1.807, 2.05) is 30.3 Å². The second-order valence-electron chi connectivity index (χ2n) is 7.42. The summed E-state index contributed by atoms with van der Waals surface area (Å²) in [6.45, 7) is 6.66. The quantitative estimate of drug-likeness (QED) is 0.225. The molecule has 0 aliphatic carbocycles. The first-order valence-corrected chi connectivity index (χ1v) is 10.8. The minimum Gasteiger partial charge on any atom is -0.375 e. The minimum absolute atomic E-state index is 0. The van der Waals surface area contributed by atoms with Crippen molar-refractivity contribution in [3.8, 4) is 0 Å². The summed E-state index contributed by atoms with van der Waals surface area (Å²) in [4.78, 5) is 9.08. The van der Waals surface area contributed by atoms with E-state index in [1.165, 1.54) is 11.3 Å². The molecule has 0 unspecified atom stereocenters. The Labute approximate surface area is 208 Å². The first-order valence-electron chi connectivity index (χ1n) is 10.4. The van der Waals surface area contributed by atoms with E-state index in [0.717, 1.165) is 42.7 Å². The van der Waals surface area contributed by atoms with Crippen LogP contribution in [0, 0.1) is 0 Å². The van der Waals surface area contributed by atoms with Crippen LogP contribution >= 0.6 is 35.6 Å². The fourth-order valence-corrected chi connectivity index (χ4v) is 3.70. The van der Waals surface area contributed by atoms with E-state index in [4.69, 9.17) is 16.3 Å². The summed E-state index contributed by atoms with van der Waals surface area (Å²) in [6, 6.07) is 16.3. The van der Waals surface area contributed by atoms with Gasteiger partial charge in [-0.1, -0.05) is 48.0 Å². The smallest absolute Gasteiger partial charge is 0.191 e. The number of guanidine groups is 1. The van der Waals surface area contributed by atoms with Gasteiger partial charge in [0.2, 0.25) is 0 Å². The van der Waals surface area contributed by atoms with Crippen LogP contribution in [0.25, 0.3) is 0 Å². The molecule has 31 heavy (non-hydrogen) atoms. The molecule has 6 nitrogen and oxygen atoms in total. The molecular weight excluding hydrogens is 525 g/mol. The highest BCUT2D eigenvalue weighted by Gasteiger charge is 2.18. The summed E-state index contributed by atoms with van der Waals surface area (Å²) < 4.78 is 5.73. The molecule has 8 heteroatoms. The van der Waals surface area contributed by atoms with Crippen molar-refractivity contribution in [3.63, 3.8) is 0 Å². The maximum atomic E-state index is 6.55. The number of likely N-dealkylation sites (N-methyl/N-ethyl adjacent to an activating group) is 1. The van der Waals surface area contributed by atoms with Crippen LogP contribution in [0.3, 0.4) is 0 Å². The number of benzene rings is 2. The highest BCUT2D eigenvalue weighted by Crippen LogP contribution is 2.28. The third kappa shape index (κ3) is 8.14. The Kier molecular flexibility index (Phi) is 11.4. The SMILES string of the molecule is CN=C(NCCOCc1ccccc1)NCc1c(Cl)cccc1N1CCN(C)CC1.I. The van der Waals surface area contributed by atoms with E-state index < -0.39 is 0 Å². The number of halogens is 2. The Morgan fingerprint density at radius 3 is 2.48 bits per heavy atom. The van der Waals surface area contributed by atoms with Crippen LogP contribution in [0.4, 0.5) is 5.69 Å². The van der Waals surface area contributed by atoms with Crippen LogP contribution in [-0.4, -0.2) is 64.3 Å². The molecule has 1 heterocycles. The Morgan fingerprint density at radius 1 is 1.03 bits per heavy atom. The average Bonchev–Trinajstić information content (AvgIpc) is 2.77. The molecule has 1 aliphatic rings. The monoisotopic (exact) mass is 557 g/mol. The van der Waals surface area contributed by atoms with Crippen molar-refractivity contribution in [1.82, 2.24) is 15.5 Å². The molecule has 1 aliphatic heterocycles. The van der Waals surface area contributed by atoms with Crippen molar-refractivity contribution in [3.05, 3.63) is 64.7 Å². The lowest BCUT2D eigenvalue weighted by Gasteiger charge is -2.35. The van der Waals surface area contributed by atoms with Crippen molar-refractivity contribution in [1.29, 1.82) is 0 Å². The zero-order valence-corrected chi connectivity index (χ0v) is 21.4. The molecule has 1 fully saturated rings. The molecule has 0 saturated carbocycles. The number of hydrogen-bond donors (Lipinski definition) is 2. The van der Waals surface area contributed by atoms with Gasteiger partial charge >= 0.3 is 0 Å². The normalized spacial score (nSPS) is 14.8. The Balaban J connectivity index is 0.00000341. The molecule has 0 spiro atoms. The van der Waals surface area contributed by atoms with Gasteiger partial charge in [-0.3, -0.25) is 4.99 Å². The summed E-state index contributed by atoms with van der Waals surface area (Å²) in [7, 11) is 3.94. The van der Waals surface area contributed by atoms with Gasteiger partial charge in [-0.25, -0.2) is 0 Å². The van der Waals surface area contributed by atoms with Crippen LogP contribution in [0.2, 0.25) is 5.02 Å². The van der Waals surface area contributed by atoms with E-state index in [9.17, 15) is 0 Å². The fraction of sp³-hybridized carbons (Fsp3) is 0.435. The Bertz CT molecular complexity index is 813. The Morgan fingerprint density at radius 2 is 1.77 bits per heavy atom. The molecule has 170 valence electrons. The first-order chi connectivity index (χ1) is 14.7. The van der Waals surface area contributed by atoms with Crippen LogP contribution in [0.15, 0.2) is 53.5 Å². The van der Waals surface area contributed by atoms with Gasteiger partial charge in [0.15, 0.2) is 5.96 Å². The van der Waals surface area contributed by atoms with E-state index in [1.54, 1.807) is 7.05 Å². The summed E-state index contributed by atoms with van der Waals surface area (Å²) >= 11 is 6.55. The van der Waals surface area contributed by atoms with Crippen LogP contribution in [0.5, 0.6) is 0 Å². The van der Waals surface area contributed by atoms with Crippen LogP contribution < -0.4 is 15.5 Å². The zero-order chi connectivity index (χ0) is 21.2. The predicted molar refractivity (Wildman–Crippen MR) is 141 cm³/mol. The number of nitrogens with one attached hydrogen (secondary N) is 2. The largest absolute Gasteiger partial charge is 0.375 e. The van der Waals surface area contributed by atoms with Gasteiger partial charge in [0.05, 0.1) is 13.2 Å². The van der Waals surface area contributed by atoms with Gasteiger partial charge in [-0.15, -0.1) is 24.0 Å². The summed E-state index contributed by atoms with van der Waals surface area (Å²) in [5, 5.41) is 7.46. The number of anilines is 1. The maximum Gasteiger partial charge on any atom is 0.191 e. The van der Waals surface area contributed by atoms with Gasteiger partial charge in [0.1, 0.15) is 0 Å². The molecule has 0 aromatic heterocycles. The van der Waals surface area contributed by atoms with Gasteiger partial charge < -0.3 is 25.2 Å². The van der Waals surface area contributed by atoms with E-state index in [2.05, 4.69) is 50.7 Å². The van der Waals surface area contributed by atoms with Crippen molar-refractivity contribution < 1.29 is 4.74 Å². The van der Waals surface area contributed by atoms with Crippen LogP contribution in [0.1, 0.15) is 11.1 Å². The number of rotatable bonds is 8. The molecule has 3 rings (SSSR count). The Hall–Kier alpha value is -1.55. The molecule has 2 N–H and O–H groups in total. The lowest BCUT2D eigenvalue weighted by Crippen LogP contribution is -2.45. The van der Waals surface area contributed by atoms with Crippen molar-refractivity contribution in [2.24, 2.45) is 4.99 Å². The third-order valence-corrected chi connectivity index (χ3v) is 5.60. The maximum absolute atomic E-state index is 6.55. The van der Waals surface area contributed by atoms with E-state index in [0.29, 0.717) is 26.3 Å². The van der Waals surface area contributed by atoms with Gasteiger partial charge in [0.25, 0.3) is 0 Å². The number of hydrogen-bond acceptors (Lipinski definition) is 4.